The first-order valence-electron chi connectivity index (χ1n) is 12.0. The first-order valence-corrected chi connectivity index (χ1v) is 13.6. The molecule has 7 nitrogen and oxygen atoms in total. The number of hydrogen-bond donors (Lipinski definition) is 0. The van der Waals surface area contributed by atoms with Gasteiger partial charge in [0.15, 0.2) is 16.7 Å². The zero-order valence-corrected chi connectivity index (χ0v) is 23.6. The molecule has 0 radical (unpaired) electrons. The first kappa shape index (κ1) is 27.3. The van der Waals surface area contributed by atoms with Crippen LogP contribution in [0.4, 0.5) is 5.69 Å². The maximum absolute atomic E-state index is 13.2. The molecule has 38 heavy (non-hydrogen) atoms. The Labute approximate surface area is 234 Å². The number of carbonyl (C=O) groups excluding carboxylic acids is 1. The molecule has 3 aromatic rings. The number of rotatable bonds is 9. The van der Waals surface area contributed by atoms with Crippen molar-refractivity contribution in [3.8, 4) is 23.3 Å². The van der Waals surface area contributed by atoms with Gasteiger partial charge in [-0.2, -0.15) is 5.26 Å². The van der Waals surface area contributed by atoms with Crippen molar-refractivity contribution in [1.82, 2.24) is 4.90 Å². The summed E-state index contributed by atoms with van der Waals surface area (Å²) >= 11 is 4.93. The molecule has 1 saturated heterocycles. The van der Waals surface area contributed by atoms with Gasteiger partial charge in [0.25, 0.3) is 5.91 Å². The lowest BCUT2D eigenvalue weighted by atomic mass is 10.1. The minimum atomic E-state index is -0.104. The lowest BCUT2D eigenvalue weighted by Gasteiger charge is -2.15. The zero-order chi connectivity index (χ0) is 27.1. The fraction of sp³-hybridized carbons (Fsp3) is 0.207. The Hall–Kier alpha value is -3.74. The molecule has 194 valence electrons. The van der Waals surface area contributed by atoms with Crippen molar-refractivity contribution in [1.29, 1.82) is 5.26 Å². The van der Waals surface area contributed by atoms with Crippen LogP contribution in [0.2, 0.25) is 0 Å². The highest BCUT2D eigenvalue weighted by Gasteiger charge is 2.32. The van der Waals surface area contributed by atoms with Crippen LogP contribution in [0, 0.1) is 11.3 Å². The number of amides is 1. The van der Waals surface area contributed by atoms with Crippen LogP contribution in [0.3, 0.4) is 0 Å². The van der Waals surface area contributed by atoms with Crippen LogP contribution in [0.1, 0.15) is 30.5 Å². The average Bonchev–Trinajstić information content (AvgIpc) is 3.22. The van der Waals surface area contributed by atoms with Crippen molar-refractivity contribution in [3.05, 3.63) is 86.7 Å². The summed E-state index contributed by atoms with van der Waals surface area (Å²) in [6.45, 7) is 4.97. The average molecular weight is 593 g/mol. The van der Waals surface area contributed by atoms with Gasteiger partial charge in [0.2, 0.25) is 0 Å². The summed E-state index contributed by atoms with van der Waals surface area (Å²) in [6, 6.07) is 20.6. The van der Waals surface area contributed by atoms with Crippen LogP contribution in [0.25, 0.3) is 6.08 Å². The fourth-order valence-electron chi connectivity index (χ4n) is 3.77. The molecule has 0 bridgehead atoms. The second-order valence-corrected chi connectivity index (χ2v) is 9.94. The molecule has 0 atom stereocenters. The van der Waals surface area contributed by atoms with Crippen molar-refractivity contribution in [2.75, 3.05) is 20.3 Å². The largest absolute Gasteiger partial charge is 0.497 e. The van der Waals surface area contributed by atoms with Crippen molar-refractivity contribution in [3.63, 3.8) is 0 Å². The predicted molar refractivity (Wildman–Crippen MR) is 154 cm³/mol. The lowest BCUT2D eigenvalue weighted by molar-refractivity contribution is -0.122. The Morgan fingerprint density at radius 1 is 1.11 bits per heavy atom. The standard InChI is InChI=1S/C29H26BrN3O4S/c1-4-33-28(34)26(38-29(33)32-22-10-12-23(35-3)13-11-22)16-19-14-24(30)27(25(15-19)36-5-2)37-18-21-9-7-6-8-20(21)17-31/h6-16H,4-5,18H2,1-3H3/b26-16+,32-29?. The van der Waals surface area contributed by atoms with Crippen LogP contribution in [0.5, 0.6) is 17.2 Å². The third-order valence-electron chi connectivity index (χ3n) is 5.64. The van der Waals surface area contributed by atoms with Crippen molar-refractivity contribution >= 4 is 50.5 Å². The summed E-state index contributed by atoms with van der Waals surface area (Å²) in [6.07, 6.45) is 1.83. The van der Waals surface area contributed by atoms with E-state index >= 15 is 0 Å². The topological polar surface area (TPSA) is 84.2 Å². The van der Waals surface area contributed by atoms with Crippen LogP contribution in [-0.2, 0) is 11.4 Å². The summed E-state index contributed by atoms with van der Waals surface area (Å²) in [5.74, 6) is 1.71. The second kappa shape index (κ2) is 12.7. The minimum absolute atomic E-state index is 0.104. The number of hydrogen-bond acceptors (Lipinski definition) is 7. The van der Waals surface area contributed by atoms with E-state index in [0.29, 0.717) is 44.8 Å². The number of amidine groups is 1. The highest BCUT2D eigenvalue weighted by atomic mass is 79.9. The number of carbonyl (C=O) groups is 1. The summed E-state index contributed by atoms with van der Waals surface area (Å²) in [4.78, 5) is 20.1. The van der Waals surface area contributed by atoms with Gasteiger partial charge in [-0.1, -0.05) is 18.2 Å². The Morgan fingerprint density at radius 3 is 2.55 bits per heavy atom. The van der Waals surface area contributed by atoms with Gasteiger partial charge in [-0.15, -0.1) is 0 Å². The molecular weight excluding hydrogens is 566 g/mol. The number of likely N-dealkylation sites (N-methyl/N-ethyl adjacent to an activating group) is 1. The van der Waals surface area contributed by atoms with Crippen LogP contribution in [0.15, 0.2) is 75.0 Å². The second-order valence-electron chi connectivity index (χ2n) is 8.07. The number of thioether (sulfide) groups is 1. The SMILES string of the molecule is CCOc1cc(/C=C2/SC(=Nc3ccc(OC)cc3)N(CC)C2=O)cc(Br)c1OCc1ccccc1C#N. The van der Waals surface area contributed by atoms with Gasteiger partial charge in [0, 0.05) is 12.1 Å². The van der Waals surface area contributed by atoms with Crippen LogP contribution < -0.4 is 14.2 Å². The summed E-state index contributed by atoms with van der Waals surface area (Å²) < 4.78 is 17.8. The van der Waals surface area contributed by atoms with Crippen LogP contribution in [-0.4, -0.2) is 36.2 Å². The Kier molecular flexibility index (Phi) is 9.10. The molecule has 0 N–H and O–H groups in total. The van der Waals surface area contributed by atoms with E-state index in [2.05, 4.69) is 27.0 Å². The fourth-order valence-corrected chi connectivity index (χ4v) is 5.40. The third kappa shape index (κ3) is 6.21. The van der Waals surface area contributed by atoms with E-state index in [1.807, 2.05) is 74.5 Å². The van der Waals surface area contributed by atoms with Gasteiger partial charge < -0.3 is 14.2 Å². The van der Waals surface area contributed by atoms with E-state index in [4.69, 9.17) is 14.2 Å². The molecule has 1 aliphatic rings. The van der Waals surface area contributed by atoms with E-state index in [1.165, 1.54) is 11.8 Å². The van der Waals surface area contributed by atoms with Gasteiger partial charge in [0.05, 0.1) is 40.4 Å². The summed E-state index contributed by atoms with van der Waals surface area (Å²) in [5.41, 5.74) is 2.86. The van der Waals surface area contributed by atoms with E-state index < -0.39 is 0 Å². The van der Waals surface area contributed by atoms with Gasteiger partial charge in [-0.3, -0.25) is 9.69 Å². The van der Waals surface area contributed by atoms with Crippen molar-refractivity contribution in [2.24, 2.45) is 4.99 Å². The molecule has 3 aromatic carbocycles. The van der Waals surface area contributed by atoms with Crippen molar-refractivity contribution in [2.45, 2.75) is 20.5 Å². The Balaban J connectivity index is 1.61. The monoisotopic (exact) mass is 591 g/mol. The third-order valence-corrected chi connectivity index (χ3v) is 7.24. The number of methoxy groups -OCH3 is 1. The van der Waals surface area contributed by atoms with E-state index in [9.17, 15) is 10.1 Å². The van der Waals surface area contributed by atoms with Gasteiger partial charge >= 0.3 is 0 Å². The van der Waals surface area contributed by atoms with Crippen LogP contribution >= 0.6 is 27.7 Å². The number of nitrogens with zero attached hydrogens (tertiary/aromatic N) is 3. The van der Waals surface area contributed by atoms with Gasteiger partial charge in [-0.25, -0.2) is 4.99 Å². The number of benzene rings is 3. The molecule has 1 amide bonds. The maximum Gasteiger partial charge on any atom is 0.266 e. The number of halogens is 1. The molecule has 4 rings (SSSR count). The molecule has 9 heteroatoms. The Morgan fingerprint density at radius 2 is 1.87 bits per heavy atom. The zero-order valence-electron chi connectivity index (χ0n) is 21.2. The molecular formula is C29H26BrN3O4S. The Bertz CT molecular complexity index is 1430. The molecule has 0 saturated carbocycles. The normalized spacial score (nSPS) is 15.1. The highest BCUT2D eigenvalue weighted by Crippen LogP contribution is 2.40. The summed E-state index contributed by atoms with van der Waals surface area (Å²) in [5, 5.41) is 9.99. The molecule has 1 fully saturated rings. The maximum atomic E-state index is 13.2. The van der Waals surface area contributed by atoms with Gasteiger partial charge in [0.1, 0.15) is 12.4 Å². The predicted octanol–water partition coefficient (Wildman–Crippen LogP) is 6.93. The lowest BCUT2D eigenvalue weighted by Crippen LogP contribution is -2.28. The number of aliphatic imine (C=N–C) groups is 1. The van der Waals surface area contributed by atoms with E-state index in [0.717, 1.165) is 22.6 Å². The number of ether oxygens (including phenoxy) is 3. The highest BCUT2D eigenvalue weighted by molar-refractivity contribution is 9.10. The number of nitriles is 1. The summed E-state index contributed by atoms with van der Waals surface area (Å²) in [7, 11) is 1.62. The molecule has 0 aromatic heterocycles. The van der Waals surface area contributed by atoms with E-state index in [-0.39, 0.29) is 12.5 Å². The van der Waals surface area contributed by atoms with Crippen molar-refractivity contribution < 1.29 is 19.0 Å². The molecule has 0 unspecified atom stereocenters. The van der Waals surface area contributed by atoms with Gasteiger partial charge in [-0.05, 0) is 95.6 Å². The first-order chi connectivity index (χ1) is 18.5. The smallest absolute Gasteiger partial charge is 0.266 e. The quantitative estimate of drug-likeness (QED) is 0.251. The molecule has 1 heterocycles. The minimum Gasteiger partial charge on any atom is -0.497 e. The molecule has 1 aliphatic heterocycles. The van der Waals surface area contributed by atoms with E-state index in [1.54, 1.807) is 18.1 Å². The molecule has 0 spiro atoms. The molecule has 0 aliphatic carbocycles.